The third-order valence-electron chi connectivity index (χ3n) is 6.72. The van der Waals surface area contributed by atoms with E-state index in [4.69, 9.17) is 28.2 Å². The number of nitrogens with zero attached hydrogens (tertiary/aromatic N) is 2. The van der Waals surface area contributed by atoms with E-state index in [1.807, 2.05) is 48.5 Å². The average Bonchev–Trinajstić information content (AvgIpc) is 3.21. The number of aromatic nitrogens is 1. The molecule has 3 aromatic carbocycles. The van der Waals surface area contributed by atoms with Crippen LogP contribution in [0.5, 0.6) is 0 Å². The van der Waals surface area contributed by atoms with E-state index in [1.165, 1.54) is 17.4 Å². The Labute approximate surface area is 227 Å². The van der Waals surface area contributed by atoms with Crippen molar-refractivity contribution in [3.8, 4) is 0 Å². The minimum atomic E-state index is -0.366. The predicted octanol–water partition coefficient (Wildman–Crippen LogP) is 6.93. The van der Waals surface area contributed by atoms with E-state index in [9.17, 15) is 9.18 Å². The van der Waals surface area contributed by atoms with E-state index < -0.39 is 0 Å². The van der Waals surface area contributed by atoms with Crippen molar-refractivity contribution in [1.82, 2.24) is 4.57 Å². The highest BCUT2D eigenvalue weighted by molar-refractivity contribution is 7.07. The normalized spacial score (nSPS) is 18.5. The number of halogens is 3. The molecular formula is C30H21Cl2FN2OS. The van der Waals surface area contributed by atoms with Gasteiger partial charge in [0, 0.05) is 15.6 Å². The van der Waals surface area contributed by atoms with Crippen LogP contribution in [0.25, 0.3) is 12.2 Å². The second kappa shape index (κ2) is 9.90. The molecule has 1 aromatic heterocycles. The summed E-state index contributed by atoms with van der Waals surface area (Å²) in [6.07, 6.45) is 6.45. The zero-order valence-corrected chi connectivity index (χ0v) is 22.0. The van der Waals surface area contributed by atoms with Crippen molar-refractivity contribution in [1.29, 1.82) is 0 Å². The molecule has 1 atom stereocenters. The quantitative estimate of drug-likeness (QED) is 0.274. The Morgan fingerprint density at radius 1 is 0.919 bits per heavy atom. The molecule has 7 heteroatoms. The van der Waals surface area contributed by atoms with Gasteiger partial charge in [-0.15, -0.1) is 0 Å². The Morgan fingerprint density at radius 3 is 2.35 bits per heavy atom. The van der Waals surface area contributed by atoms with Crippen molar-refractivity contribution in [2.75, 3.05) is 0 Å². The zero-order valence-electron chi connectivity index (χ0n) is 19.6. The molecule has 0 amide bonds. The first kappa shape index (κ1) is 24.1. The van der Waals surface area contributed by atoms with Gasteiger partial charge < -0.3 is 0 Å². The first-order chi connectivity index (χ1) is 18.0. The van der Waals surface area contributed by atoms with Crippen molar-refractivity contribution in [3.05, 3.63) is 142 Å². The van der Waals surface area contributed by atoms with Crippen LogP contribution in [0, 0.1) is 5.82 Å². The molecule has 0 saturated heterocycles. The lowest BCUT2D eigenvalue weighted by Crippen LogP contribution is -2.39. The van der Waals surface area contributed by atoms with Crippen LogP contribution in [-0.2, 0) is 0 Å². The highest BCUT2D eigenvalue weighted by Gasteiger charge is 2.32. The van der Waals surface area contributed by atoms with E-state index in [-0.39, 0.29) is 17.4 Å². The van der Waals surface area contributed by atoms with Gasteiger partial charge in [0.25, 0.3) is 5.56 Å². The first-order valence-corrected chi connectivity index (χ1v) is 13.6. The van der Waals surface area contributed by atoms with Gasteiger partial charge in [0.2, 0.25) is 0 Å². The standard InChI is InChI=1S/C30H21Cl2FN2OS/c31-22-12-8-18(9-13-22)16-21-5-3-6-24-27(21)34-30-35(28(24)19-10-14-23(32)15-11-19)29(36)26(37-30)17-20-4-1-2-7-25(20)33/h1-2,4,7-17,28H,3,5-6H2/b21-16+,26-17+/t28-/m0/s1. The summed E-state index contributed by atoms with van der Waals surface area (Å²) in [4.78, 5) is 19.4. The largest absolute Gasteiger partial charge is 0.272 e. The molecule has 184 valence electrons. The third-order valence-corrected chi connectivity index (χ3v) is 8.21. The summed E-state index contributed by atoms with van der Waals surface area (Å²) >= 11 is 13.6. The predicted molar refractivity (Wildman–Crippen MR) is 149 cm³/mol. The average molecular weight is 547 g/mol. The van der Waals surface area contributed by atoms with Crippen molar-refractivity contribution < 1.29 is 4.39 Å². The van der Waals surface area contributed by atoms with Gasteiger partial charge in [0.15, 0.2) is 4.80 Å². The number of rotatable bonds is 3. The molecule has 0 fully saturated rings. The van der Waals surface area contributed by atoms with Crippen molar-refractivity contribution in [2.24, 2.45) is 4.99 Å². The molecule has 0 unspecified atom stereocenters. The number of hydrogen-bond donors (Lipinski definition) is 0. The van der Waals surface area contributed by atoms with E-state index >= 15 is 0 Å². The maximum Gasteiger partial charge on any atom is 0.271 e. The summed E-state index contributed by atoms with van der Waals surface area (Å²) in [5.41, 5.74) is 5.40. The summed E-state index contributed by atoms with van der Waals surface area (Å²) in [5, 5.41) is 1.33. The van der Waals surface area contributed by atoms with E-state index in [0.29, 0.717) is 24.9 Å². The maximum absolute atomic E-state index is 14.4. The minimum absolute atomic E-state index is 0.174. The van der Waals surface area contributed by atoms with Gasteiger partial charge in [-0.3, -0.25) is 9.36 Å². The van der Waals surface area contributed by atoms with E-state index in [0.717, 1.165) is 47.2 Å². The number of benzene rings is 3. The summed E-state index contributed by atoms with van der Waals surface area (Å²) in [6.45, 7) is 0. The Kier molecular flexibility index (Phi) is 6.45. The van der Waals surface area contributed by atoms with E-state index in [2.05, 4.69) is 6.08 Å². The molecule has 37 heavy (non-hydrogen) atoms. The summed E-state index contributed by atoms with van der Waals surface area (Å²) in [5.74, 6) is -0.366. The van der Waals surface area contributed by atoms with Crippen LogP contribution in [-0.4, -0.2) is 4.57 Å². The van der Waals surface area contributed by atoms with Gasteiger partial charge in [0.05, 0.1) is 16.3 Å². The van der Waals surface area contributed by atoms with Crippen LogP contribution in [0.15, 0.2) is 99.4 Å². The zero-order chi connectivity index (χ0) is 25.5. The van der Waals surface area contributed by atoms with Gasteiger partial charge in [-0.1, -0.05) is 77.0 Å². The van der Waals surface area contributed by atoms with Crippen LogP contribution < -0.4 is 14.9 Å². The lowest BCUT2D eigenvalue weighted by Gasteiger charge is -2.31. The minimum Gasteiger partial charge on any atom is -0.272 e. The second-order valence-corrected chi connectivity index (χ2v) is 11.0. The number of thiazole rings is 1. The van der Waals surface area contributed by atoms with Crippen molar-refractivity contribution >= 4 is 46.7 Å². The van der Waals surface area contributed by atoms with E-state index in [1.54, 1.807) is 28.8 Å². The molecule has 1 aliphatic heterocycles. The highest BCUT2D eigenvalue weighted by atomic mass is 35.5. The van der Waals surface area contributed by atoms with Crippen molar-refractivity contribution in [2.45, 2.75) is 25.3 Å². The lowest BCUT2D eigenvalue weighted by molar-refractivity contribution is 0.553. The molecule has 0 spiro atoms. The molecule has 1 aliphatic carbocycles. The van der Waals surface area contributed by atoms with Gasteiger partial charge in [-0.2, -0.15) is 0 Å². The third kappa shape index (κ3) is 4.63. The molecule has 0 saturated carbocycles. The molecule has 4 aromatic rings. The number of hydrogen-bond acceptors (Lipinski definition) is 3. The van der Waals surface area contributed by atoms with Crippen molar-refractivity contribution in [3.63, 3.8) is 0 Å². The Morgan fingerprint density at radius 2 is 1.62 bits per heavy atom. The Balaban J connectivity index is 1.58. The monoisotopic (exact) mass is 546 g/mol. The molecule has 2 aliphatic rings. The number of fused-ring (bicyclic) bond motifs is 1. The van der Waals surface area contributed by atoms with Crippen LogP contribution in [0.1, 0.15) is 42.0 Å². The Bertz CT molecular complexity index is 1750. The topological polar surface area (TPSA) is 34.4 Å². The van der Waals surface area contributed by atoms with Gasteiger partial charge in [-0.05, 0) is 84.0 Å². The molecule has 3 nitrogen and oxygen atoms in total. The molecule has 2 heterocycles. The van der Waals surface area contributed by atoms with Gasteiger partial charge >= 0.3 is 0 Å². The summed E-state index contributed by atoms with van der Waals surface area (Å²) < 4.78 is 16.6. The van der Waals surface area contributed by atoms with Crippen LogP contribution in [0.2, 0.25) is 10.0 Å². The fourth-order valence-corrected chi connectivity index (χ4v) is 6.24. The number of allylic oxidation sites excluding steroid dienone is 2. The molecule has 0 N–H and O–H groups in total. The molecule has 0 radical (unpaired) electrons. The maximum atomic E-state index is 14.4. The van der Waals surface area contributed by atoms with Crippen LogP contribution >= 0.6 is 34.5 Å². The lowest BCUT2D eigenvalue weighted by atomic mass is 9.84. The summed E-state index contributed by atoms with van der Waals surface area (Å²) in [7, 11) is 0. The SMILES string of the molecule is O=c1/c(=C\c2ccccc2F)sc2n1[C@@H](c1ccc(Cl)cc1)C1=C(N=2)/C(=C/c2ccc(Cl)cc2)CCC1. The fraction of sp³-hybridized carbons (Fsp3) is 0.133. The summed E-state index contributed by atoms with van der Waals surface area (Å²) in [6, 6.07) is 21.5. The van der Waals surface area contributed by atoms with Gasteiger partial charge in [0.1, 0.15) is 5.82 Å². The Hall–Kier alpha value is -3.25. The fourth-order valence-electron chi connectivity index (χ4n) is 5.00. The van der Waals surface area contributed by atoms with Gasteiger partial charge in [-0.25, -0.2) is 9.38 Å². The second-order valence-electron chi connectivity index (χ2n) is 9.10. The smallest absolute Gasteiger partial charge is 0.271 e. The molecule has 6 rings (SSSR count). The first-order valence-electron chi connectivity index (χ1n) is 12.0. The van der Waals surface area contributed by atoms with Crippen LogP contribution in [0.4, 0.5) is 4.39 Å². The molecular weight excluding hydrogens is 526 g/mol. The highest BCUT2D eigenvalue weighted by Crippen LogP contribution is 2.41. The van der Waals surface area contributed by atoms with Crippen LogP contribution in [0.3, 0.4) is 0 Å². The molecule has 0 bridgehead atoms.